The quantitative estimate of drug-likeness (QED) is 0.611. The number of hydrogen-bond acceptors (Lipinski definition) is 4. The Morgan fingerprint density at radius 1 is 1.18 bits per heavy atom. The minimum Gasteiger partial charge on any atom is -0.372 e. The first-order chi connectivity index (χ1) is 16.4. The van der Waals surface area contributed by atoms with Gasteiger partial charge < -0.3 is 20.3 Å². The average Bonchev–Trinajstić information content (AvgIpc) is 2.84. The Morgan fingerprint density at radius 2 is 1.91 bits per heavy atom. The van der Waals surface area contributed by atoms with Crippen LogP contribution in [0.3, 0.4) is 0 Å². The lowest BCUT2D eigenvalue weighted by Crippen LogP contribution is -2.68. The molecule has 5 rings (SSSR count). The third kappa shape index (κ3) is 6.16. The molecule has 2 aromatic rings. The molecule has 3 fully saturated rings. The van der Waals surface area contributed by atoms with Crippen molar-refractivity contribution in [3.8, 4) is 11.8 Å². The Hall–Kier alpha value is -2.88. The summed E-state index contributed by atoms with van der Waals surface area (Å²) in [6.45, 7) is 10.4. The number of nitrogens with one attached hydrogen (secondary N) is 2. The molecule has 0 aliphatic carbocycles. The lowest BCUT2D eigenvalue weighted by Gasteiger charge is -2.53. The van der Waals surface area contributed by atoms with E-state index in [4.69, 9.17) is 4.74 Å². The zero-order valence-corrected chi connectivity index (χ0v) is 20.6. The van der Waals surface area contributed by atoms with Gasteiger partial charge in [-0.25, -0.2) is 4.79 Å². The lowest BCUT2D eigenvalue weighted by molar-refractivity contribution is 0.0101. The highest BCUT2D eigenvalue weighted by Gasteiger charge is 2.46. The van der Waals surface area contributed by atoms with Gasteiger partial charge in [-0.2, -0.15) is 0 Å². The summed E-state index contributed by atoms with van der Waals surface area (Å²) in [5.74, 6) is 6.99. The van der Waals surface area contributed by atoms with E-state index in [-0.39, 0.29) is 11.6 Å². The zero-order valence-electron chi connectivity index (χ0n) is 20.6. The lowest BCUT2D eigenvalue weighted by atomic mass is 9.71. The van der Waals surface area contributed by atoms with E-state index >= 15 is 0 Å². The highest BCUT2D eigenvalue weighted by molar-refractivity contribution is 5.76. The number of hydrogen-bond donors (Lipinski definition) is 2. The second kappa shape index (κ2) is 10.6. The summed E-state index contributed by atoms with van der Waals surface area (Å²) >= 11 is 0. The maximum absolute atomic E-state index is 12.9. The molecule has 3 aliphatic heterocycles. The predicted octanol–water partition coefficient (Wildman–Crippen LogP) is 4.10. The third-order valence-electron chi connectivity index (χ3n) is 7.03. The Labute approximate surface area is 203 Å². The van der Waals surface area contributed by atoms with E-state index in [1.807, 2.05) is 56.4 Å². The molecule has 3 aliphatic rings. The topological polar surface area (TPSA) is 66.5 Å². The minimum atomic E-state index is -0.640. The number of aromatic nitrogens is 1. The SMILES string of the molecule is CCC1(NC(=O)NC(C)(C)C#Cc2ccc(COCc3cccnc3)cc2)CN2CCC1CC2. The molecular weight excluding hydrogens is 424 g/mol. The van der Waals surface area contributed by atoms with Crippen LogP contribution in [0.5, 0.6) is 0 Å². The molecule has 1 unspecified atom stereocenters. The van der Waals surface area contributed by atoms with Crippen LogP contribution in [0.1, 0.15) is 56.7 Å². The van der Waals surface area contributed by atoms with E-state index in [9.17, 15) is 4.79 Å². The zero-order chi connectivity index (χ0) is 24.0. The van der Waals surface area contributed by atoms with Crippen LogP contribution in [0.2, 0.25) is 0 Å². The normalized spacial score (nSPS) is 23.6. The van der Waals surface area contributed by atoms with Crippen molar-refractivity contribution in [1.82, 2.24) is 20.5 Å². The molecule has 180 valence electrons. The van der Waals surface area contributed by atoms with Crippen molar-refractivity contribution < 1.29 is 9.53 Å². The first-order valence-corrected chi connectivity index (χ1v) is 12.3. The Kier molecular flexibility index (Phi) is 7.55. The van der Waals surface area contributed by atoms with Gasteiger partial charge in [0, 0.05) is 24.5 Å². The van der Waals surface area contributed by atoms with Gasteiger partial charge in [0.2, 0.25) is 0 Å². The van der Waals surface area contributed by atoms with Crippen molar-refractivity contribution in [3.05, 3.63) is 65.5 Å². The van der Waals surface area contributed by atoms with Crippen LogP contribution in [-0.4, -0.2) is 46.6 Å². The van der Waals surface area contributed by atoms with Gasteiger partial charge in [-0.15, -0.1) is 0 Å². The molecular formula is C28H36N4O2. The van der Waals surface area contributed by atoms with E-state index in [0.29, 0.717) is 19.1 Å². The largest absolute Gasteiger partial charge is 0.372 e. The van der Waals surface area contributed by atoms with Crippen LogP contribution in [0, 0.1) is 17.8 Å². The summed E-state index contributed by atoms with van der Waals surface area (Å²) in [7, 11) is 0. The number of urea groups is 1. The van der Waals surface area contributed by atoms with E-state index in [1.165, 1.54) is 12.8 Å². The molecule has 1 aromatic heterocycles. The smallest absolute Gasteiger partial charge is 0.316 e. The molecule has 1 aromatic carbocycles. The number of rotatable bonds is 7. The number of amides is 2. The van der Waals surface area contributed by atoms with Crippen LogP contribution in [0.15, 0.2) is 48.8 Å². The van der Waals surface area contributed by atoms with Crippen molar-refractivity contribution in [2.75, 3.05) is 19.6 Å². The van der Waals surface area contributed by atoms with Crippen LogP contribution >= 0.6 is 0 Å². The van der Waals surface area contributed by atoms with E-state index in [2.05, 4.69) is 39.3 Å². The molecule has 2 N–H and O–H groups in total. The molecule has 34 heavy (non-hydrogen) atoms. The van der Waals surface area contributed by atoms with E-state index in [0.717, 1.165) is 42.7 Å². The Bertz CT molecular complexity index is 1020. The fourth-order valence-electron chi connectivity index (χ4n) is 5.06. The van der Waals surface area contributed by atoms with Crippen molar-refractivity contribution in [2.45, 2.75) is 64.3 Å². The van der Waals surface area contributed by atoms with Crippen molar-refractivity contribution in [2.24, 2.45) is 5.92 Å². The van der Waals surface area contributed by atoms with Crippen LogP contribution < -0.4 is 10.6 Å². The summed E-state index contributed by atoms with van der Waals surface area (Å²) in [5.41, 5.74) is 2.29. The van der Waals surface area contributed by atoms with Crippen molar-refractivity contribution in [3.63, 3.8) is 0 Å². The number of carbonyl (C=O) groups is 1. The second-order valence-electron chi connectivity index (χ2n) is 10.1. The molecule has 6 nitrogen and oxygen atoms in total. The number of ether oxygens (including phenoxy) is 1. The van der Waals surface area contributed by atoms with E-state index in [1.54, 1.807) is 6.20 Å². The number of benzene rings is 1. The predicted molar refractivity (Wildman–Crippen MR) is 134 cm³/mol. The fourth-order valence-corrected chi connectivity index (χ4v) is 5.06. The van der Waals surface area contributed by atoms with Gasteiger partial charge in [-0.1, -0.05) is 37.0 Å². The van der Waals surface area contributed by atoms with Gasteiger partial charge in [-0.05, 0) is 81.4 Å². The van der Waals surface area contributed by atoms with E-state index < -0.39 is 5.54 Å². The van der Waals surface area contributed by atoms with Gasteiger partial charge in [0.15, 0.2) is 0 Å². The molecule has 1 atom stereocenters. The highest BCUT2D eigenvalue weighted by atomic mass is 16.5. The molecule has 6 heteroatoms. The summed E-state index contributed by atoms with van der Waals surface area (Å²) in [4.78, 5) is 19.5. The maximum Gasteiger partial charge on any atom is 0.316 e. The van der Waals surface area contributed by atoms with Crippen LogP contribution in [0.25, 0.3) is 0 Å². The summed E-state index contributed by atoms with van der Waals surface area (Å²) in [6.07, 6.45) is 6.86. The average molecular weight is 461 g/mol. The Balaban J connectivity index is 1.28. The number of piperidine rings is 3. The van der Waals surface area contributed by atoms with Gasteiger partial charge >= 0.3 is 6.03 Å². The second-order valence-corrected chi connectivity index (χ2v) is 10.1. The number of pyridine rings is 1. The number of fused-ring (bicyclic) bond motifs is 3. The Morgan fingerprint density at radius 3 is 2.53 bits per heavy atom. The molecule has 0 saturated carbocycles. The minimum absolute atomic E-state index is 0.126. The van der Waals surface area contributed by atoms with Gasteiger partial charge in [0.25, 0.3) is 0 Å². The van der Waals surface area contributed by atoms with Gasteiger partial charge in [-0.3, -0.25) is 4.98 Å². The first-order valence-electron chi connectivity index (χ1n) is 12.3. The van der Waals surface area contributed by atoms with Crippen LogP contribution in [0.4, 0.5) is 4.79 Å². The summed E-state index contributed by atoms with van der Waals surface area (Å²) in [5, 5.41) is 6.41. The number of carbonyl (C=O) groups excluding carboxylic acids is 1. The fraction of sp³-hybridized carbons (Fsp3) is 0.500. The first kappa shape index (κ1) is 24.3. The molecule has 2 amide bonds. The third-order valence-corrected chi connectivity index (χ3v) is 7.03. The summed E-state index contributed by atoms with van der Waals surface area (Å²) < 4.78 is 5.77. The molecule has 2 bridgehead atoms. The molecule has 4 heterocycles. The summed E-state index contributed by atoms with van der Waals surface area (Å²) in [6, 6.07) is 11.8. The van der Waals surface area contributed by atoms with Crippen molar-refractivity contribution >= 4 is 6.03 Å². The molecule has 0 radical (unpaired) electrons. The molecule has 0 spiro atoms. The monoisotopic (exact) mass is 460 g/mol. The highest BCUT2D eigenvalue weighted by Crippen LogP contribution is 2.37. The molecule has 3 saturated heterocycles. The number of nitrogens with zero attached hydrogens (tertiary/aromatic N) is 2. The van der Waals surface area contributed by atoms with Gasteiger partial charge in [0.1, 0.15) is 0 Å². The maximum atomic E-state index is 12.9. The van der Waals surface area contributed by atoms with Crippen molar-refractivity contribution in [1.29, 1.82) is 0 Å². The van der Waals surface area contributed by atoms with Crippen LogP contribution in [-0.2, 0) is 18.0 Å². The standard InChI is InChI=1S/C28H36N4O2/c1-4-28(21-32-16-12-25(28)13-17-32)31-26(33)30-27(2,3)14-11-22-7-9-23(10-8-22)19-34-20-24-6-5-15-29-18-24/h5-10,15,18,25H,4,12-13,16-17,19-21H2,1-3H3,(H2,30,31,33). The van der Waals surface area contributed by atoms with Gasteiger partial charge in [0.05, 0.1) is 24.3 Å².